The van der Waals surface area contributed by atoms with Crippen LogP contribution in [0.15, 0.2) is 29.3 Å². The number of hydrogen-bond donors (Lipinski definition) is 2. The number of aliphatic carboxylic acids is 1. The molecule has 122 valence electrons. The van der Waals surface area contributed by atoms with Crippen LogP contribution < -0.4 is 5.32 Å². The number of ether oxygens (including phenoxy) is 1. The third-order valence-electron chi connectivity index (χ3n) is 3.28. The van der Waals surface area contributed by atoms with Crippen molar-refractivity contribution in [2.45, 2.75) is 31.8 Å². The average Bonchev–Trinajstić information content (AvgIpc) is 3.04. The standard InChI is InChI=1S/C16H18N2O5/c19-14(6-7-15(20)21)18-12-4-1-3-11(9-12)16(22)17-10-13-5-2-8-23-13/h1,3-4,9-10,13H,2,5-8H2,(H,18,19)(H,20,21). The number of aliphatic imine (C=N–C) groups is 1. The Labute approximate surface area is 133 Å². The molecule has 1 aromatic rings. The Morgan fingerprint density at radius 1 is 1.35 bits per heavy atom. The normalized spacial score (nSPS) is 17.3. The highest BCUT2D eigenvalue weighted by Gasteiger charge is 2.14. The van der Waals surface area contributed by atoms with Crippen molar-refractivity contribution in [1.82, 2.24) is 0 Å². The third-order valence-corrected chi connectivity index (χ3v) is 3.28. The Balaban J connectivity index is 1.94. The van der Waals surface area contributed by atoms with E-state index in [4.69, 9.17) is 9.84 Å². The van der Waals surface area contributed by atoms with Gasteiger partial charge in [-0.15, -0.1) is 0 Å². The van der Waals surface area contributed by atoms with Gasteiger partial charge in [-0.05, 0) is 31.0 Å². The summed E-state index contributed by atoms with van der Waals surface area (Å²) in [6, 6.07) is 6.36. The van der Waals surface area contributed by atoms with Crippen molar-refractivity contribution < 1.29 is 24.2 Å². The lowest BCUT2D eigenvalue weighted by atomic mass is 10.2. The van der Waals surface area contributed by atoms with Gasteiger partial charge in [0.25, 0.3) is 5.91 Å². The van der Waals surface area contributed by atoms with Crippen LogP contribution in [0, 0.1) is 0 Å². The van der Waals surface area contributed by atoms with Gasteiger partial charge in [-0.2, -0.15) is 0 Å². The molecule has 2 N–H and O–H groups in total. The molecule has 0 aromatic heterocycles. The largest absolute Gasteiger partial charge is 0.481 e. The van der Waals surface area contributed by atoms with E-state index in [1.165, 1.54) is 12.3 Å². The van der Waals surface area contributed by atoms with Gasteiger partial charge in [-0.25, -0.2) is 4.99 Å². The number of carbonyl (C=O) groups is 3. The zero-order chi connectivity index (χ0) is 16.7. The molecule has 0 radical (unpaired) electrons. The van der Waals surface area contributed by atoms with E-state index in [-0.39, 0.29) is 18.9 Å². The van der Waals surface area contributed by atoms with Gasteiger partial charge in [0.05, 0.1) is 12.5 Å². The topological polar surface area (TPSA) is 105 Å². The molecule has 2 amide bonds. The molecule has 1 saturated heterocycles. The minimum Gasteiger partial charge on any atom is -0.481 e. The highest BCUT2D eigenvalue weighted by molar-refractivity contribution is 6.01. The molecule has 7 nitrogen and oxygen atoms in total. The second-order valence-corrected chi connectivity index (χ2v) is 5.16. The smallest absolute Gasteiger partial charge is 0.303 e. The van der Waals surface area contributed by atoms with Crippen molar-refractivity contribution in [2.75, 3.05) is 11.9 Å². The highest BCUT2D eigenvalue weighted by atomic mass is 16.5. The number of carboxylic acids is 1. The number of hydrogen-bond acceptors (Lipinski definition) is 4. The van der Waals surface area contributed by atoms with Crippen LogP contribution in [0.25, 0.3) is 0 Å². The summed E-state index contributed by atoms with van der Waals surface area (Å²) in [6.07, 6.45) is 2.85. The maximum atomic E-state index is 12.0. The molecule has 1 unspecified atom stereocenters. The van der Waals surface area contributed by atoms with Gasteiger partial charge in [-0.1, -0.05) is 6.07 Å². The number of nitrogens with zero attached hydrogens (tertiary/aromatic N) is 1. The van der Waals surface area contributed by atoms with Crippen LogP contribution in [0.2, 0.25) is 0 Å². The lowest BCUT2D eigenvalue weighted by Crippen LogP contribution is -2.13. The number of anilines is 1. The van der Waals surface area contributed by atoms with E-state index < -0.39 is 17.8 Å². The van der Waals surface area contributed by atoms with Crippen molar-refractivity contribution in [2.24, 2.45) is 4.99 Å². The van der Waals surface area contributed by atoms with Gasteiger partial charge in [0.1, 0.15) is 0 Å². The summed E-state index contributed by atoms with van der Waals surface area (Å²) in [7, 11) is 0. The first-order chi connectivity index (χ1) is 11.0. The fraction of sp³-hybridized carbons (Fsp3) is 0.375. The Bertz CT molecular complexity index is 621. The summed E-state index contributed by atoms with van der Waals surface area (Å²) < 4.78 is 5.36. The Kier molecular flexibility index (Phi) is 5.99. The molecule has 23 heavy (non-hydrogen) atoms. The quantitative estimate of drug-likeness (QED) is 0.779. The zero-order valence-electron chi connectivity index (χ0n) is 12.5. The molecule has 1 heterocycles. The van der Waals surface area contributed by atoms with Gasteiger partial charge in [0.15, 0.2) is 0 Å². The Morgan fingerprint density at radius 3 is 2.87 bits per heavy atom. The predicted octanol–water partition coefficient (Wildman–Crippen LogP) is 1.88. The first-order valence-electron chi connectivity index (χ1n) is 7.36. The average molecular weight is 318 g/mol. The van der Waals surface area contributed by atoms with E-state index in [1.54, 1.807) is 18.2 Å². The molecule has 1 aromatic carbocycles. The van der Waals surface area contributed by atoms with Crippen LogP contribution in [0.3, 0.4) is 0 Å². The molecule has 1 aliphatic rings. The maximum absolute atomic E-state index is 12.0. The van der Waals surface area contributed by atoms with Crippen LogP contribution in [0.4, 0.5) is 5.69 Å². The first-order valence-corrected chi connectivity index (χ1v) is 7.36. The number of nitrogens with one attached hydrogen (secondary N) is 1. The first kappa shape index (κ1) is 16.8. The van der Waals surface area contributed by atoms with Gasteiger partial charge in [-0.3, -0.25) is 14.4 Å². The highest BCUT2D eigenvalue weighted by Crippen LogP contribution is 2.13. The van der Waals surface area contributed by atoms with E-state index in [0.29, 0.717) is 17.9 Å². The summed E-state index contributed by atoms with van der Waals surface area (Å²) in [5.74, 6) is -1.87. The van der Waals surface area contributed by atoms with Gasteiger partial charge in [0, 0.05) is 30.5 Å². The van der Waals surface area contributed by atoms with E-state index >= 15 is 0 Å². The van der Waals surface area contributed by atoms with Crippen molar-refractivity contribution in [3.8, 4) is 0 Å². The molecule has 1 fully saturated rings. The fourth-order valence-corrected chi connectivity index (χ4v) is 2.12. The number of amides is 2. The molecular formula is C16H18N2O5. The minimum absolute atomic E-state index is 0.113. The second kappa shape index (κ2) is 8.19. The Hall–Kier alpha value is -2.54. The van der Waals surface area contributed by atoms with Crippen LogP contribution in [-0.2, 0) is 14.3 Å². The minimum atomic E-state index is -1.03. The van der Waals surface area contributed by atoms with Crippen LogP contribution in [-0.4, -0.2) is 41.8 Å². The molecule has 1 atom stereocenters. The monoisotopic (exact) mass is 318 g/mol. The molecule has 0 spiro atoms. The van der Waals surface area contributed by atoms with Crippen molar-refractivity contribution in [3.63, 3.8) is 0 Å². The van der Waals surface area contributed by atoms with E-state index in [1.807, 2.05) is 0 Å². The summed E-state index contributed by atoms with van der Waals surface area (Å²) in [6.45, 7) is 0.683. The molecule has 2 rings (SSSR count). The third kappa shape index (κ3) is 5.63. The van der Waals surface area contributed by atoms with Crippen LogP contribution in [0.1, 0.15) is 36.0 Å². The number of rotatable bonds is 6. The van der Waals surface area contributed by atoms with Crippen LogP contribution in [0.5, 0.6) is 0 Å². The van der Waals surface area contributed by atoms with E-state index in [2.05, 4.69) is 10.3 Å². The van der Waals surface area contributed by atoms with E-state index in [0.717, 1.165) is 12.8 Å². The lowest BCUT2D eigenvalue weighted by Gasteiger charge is -2.05. The lowest BCUT2D eigenvalue weighted by molar-refractivity contribution is -0.138. The van der Waals surface area contributed by atoms with E-state index in [9.17, 15) is 14.4 Å². The molecule has 0 saturated carbocycles. The SMILES string of the molecule is O=C(O)CCC(=O)Nc1cccc(C(=O)N=CC2CCCO2)c1. The molecule has 0 bridgehead atoms. The van der Waals surface area contributed by atoms with Gasteiger partial charge in [0.2, 0.25) is 5.91 Å². The number of carboxylic acid groups (broad SMARTS) is 1. The Morgan fingerprint density at radius 2 is 2.17 bits per heavy atom. The van der Waals surface area contributed by atoms with Crippen molar-refractivity contribution >= 4 is 29.7 Å². The van der Waals surface area contributed by atoms with Gasteiger partial charge >= 0.3 is 5.97 Å². The predicted molar refractivity (Wildman–Crippen MR) is 83.7 cm³/mol. The number of carbonyl (C=O) groups excluding carboxylic acids is 2. The molecular weight excluding hydrogens is 300 g/mol. The summed E-state index contributed by atoms with van der Waals surface area (Å²) >= 11 is 0. The summed E-state index contributed by atoms with van der Waals surface area (Å²) in [5, 5.41) is 11.1. The number of benzene rings is 1. The van der Waals surface area contributed by atoms with Crippen molar-refractivity contribution in [3.05, 3.63) is 29.8 Å². The molecule has 1 aliphatic heterocycles. The second-order valence-electron chi connectivity index (χ2n) is 5.16. The fourth-order valence-electron chi connectivity index (χ4n) is 2.12. The molecule has 0 aliphatic carbocycles. The zero-order valence-corrected chi connectivity index (χ0v) is 12.5. The summed E-state index contributed by atoms with van der Waals surface area (Å²) in [4.78, 5) is 37.9. The van der Waals surface area contributed by atoms with Crippen molar-refractivity contribution in [1.29, 1.82) is 0 Å². The molecule has 7 heteroatoms. The summed E-state index contributed by atoms with van der Waals surface area (Å²) in [5.41, 5.74) is 0.772. The van der Waals surface area contributed by atoms with Gasteiger partial charge < -0.3 is 15.2 Å². The maximum Gasteiger partial charge on any atom is 0.303 e. The van der Waals surface area contributed by atoms with Crippen LogP contribution >= 0.6 is 0 Å².